The monoisotopic (exact) mass is 502 g/mol. The Morgan fingerprint density at radius 1 is 1.23 bits per heavy atom. The second-order valence-electron chi connectivity index (χ2n) is 12.0. The van der Waals surface area contributed by atoms with Crippen molar-refractivity contribution in [3.8, 4) is 0 Å². The summed E-state index contributed by atoms with van der Waals surface area (Å²) in [6, 6.07) is 1.82. The molecule has 2 aliphatic heterocycles. The Kier molecular flexibility index (Phi) is 4.52. The van der Waals surface area contributed by atoms with Gasteiger partial charge in [0.15, 0.2) is 5.06 Å². The van der Waals surface area contributed by atoms with Crippen LogP contribution in [-0.2, 0) is 28.6 Å². The summed E-state index contributed by atoms with van der Waals surface area (Å²) in [5.41, 5.74) is -1.36. The van der Waals surface area contributed by atoms with E-state index in [1.54, 1.807) is 18.6 Å². The van der Waals surface area contributed by atoms with Crippen molar-refractivity contribution in [1.29, 1.82) is 0 Å². The lowest BCUT2D eigenvalue weighted by Gasteiger charge is -2.63. The predicted octanol–water partition coefficient (Wildman–Crippen LogP) is 4.74. The first-order valence-corrected chi connectivity index (χ1v) is 12.7. The molecule has 1 aromatic rings. The maximum Gasteiger partial charge on any atom is 0.331 e. The molecule has 3 bridgehead atoms. The fourth-order valence-corrected chi connectivity index (χ4v) is 9.23. The molecule has 1 spiro atoms. The number of rotatable bonds is 3. The molecule has 6 rings (SSSR count). The minimum Gasteiger partial charge on any atom is -0.472 e. The number of Topliss-reactive ketones (excluding diaryl/α,β-unsaturated/α-hetero) is 1. The predicted molar refractivity (Wildman–Crippen MR) is 124 cm³/mol. The van der Waals surface area contributed by atoms with Crippen molar-refractivity contribution in [2.75, 3.05) is 7.11 Å². The standard InChI is InChI=1S/C27H31ClO7/c1-23(2)17(10-19(29)32-5)25(4)16-6-8-24(3)18(11-20(30)34-22(24)14-7-9-33-13-14)26(16)12-15(21(25)31)27(23,28)35-26/h7,9,11,13,15-17,22H,6,8,10,12H2,1-5H3/t15-,16-,17+,22+,24+,25+,26+,27-/m1/s1. The Morgan fingerprint density at radius 3 is 2.63 bits per heavy atom. The SMILES string of the molecule is COC(=O)C[C@H]1C(C)(C)[C@]2(Cl)O[C@@]34C[C@@H]2C(=O)[C@@]1(C)[C@H]3CC[C@@]1(C)C4=CC(=O)O[C@H]1c1ccoc1. The van der Waals surface area contributed by atoms with Crippen LogP contribution in [0.1, 0.15) is 65.0 Å². The normalized spacial score (nSPS) is 47.0. The number of esters is 2. The minimum absolute atomic E-state index is 0.0628. The summed E-state index contributed by atoms with van der Waals surface area (Å²) < 4.78 is 23.2. The number of furan rings is 1. The smallest absolute Gasteiger partial charge is 0.331 e. The molecule has 5 aliphatic rings. The van der Waals surface area contributed by atoms with Crippen LogP contribution >= 0.6 is 11.6 Å². The van der Waals surface area contributed by atoms with E-state index in [0.717, 1.165) is 11.1 Å². The van der Waals surface area contributed by atoms with E-state index in [9.17, 15) is 14.4 Å². The molecule has 0 unspecified atom stereocenters. The van der Waals surface area contributed by atoms with Gasteiger partial charge in [0.25, 0.3) is 0 Å². The van der Waals surface area contributed by atoms with Gasteiger partial charge in [-0.3, -0.25) is 9.59 Å². The summed E-state index contributed by atoms with van der Waals surface area (Å²) in [7, 11) is 1.36. The quantitative estimate of drug-likeness (QED) is 0.435. The van der Waals surface area contributed by atoms with Gasteiger partial charge in [-0.2, -0.15) is 0 Å². The summed E-state index contributed by atoms with van der Waals surface area (Å²) >= 11 is 7.37. The van der Waals surface area contributed by atoms with Crippen molar-refractivity contribution >= 4 is 29.3 Å². The van der Waals surface area contributed by atoms with E-state index in [4.69, 9.17) is 30.2 Å². The van der Waals surface area contributed by atoms with E-state index in [-0.39, 0.29) is 30.0 Å². The van der Waals surface area contributed by atoms with Crippen molar-refractivity contribution in [3.63, 3.8) is 0 Å². The average Bonchev–Trinajstić information content (AvgIpc) is 3.42. The molecular formula is C27H31ClO7. The van der Waals surface area contributed by atoms with E-state index >= 15 is 0 Å². The summed E-state index contributed by atoms with van der Waals surface area (Å²) in [5, 5.41) is -1.30. The fraction of sp³-hybridized carbons (Fsp3) is 0.667. The van der Waals surface area contributed by atoms with Gasteiger partial charge in [-0.1, -0.05) is 39.3 Å². The molecule has 0 radical (unpaired) electrons. The lowest BCUT2D eigenvalue weighted by Crippen LogP contribution is -2.68. The Morgan fingerprint density at radius 2 is 1.97 bits per heavy atom. The van der Waals surface area contributed by atoms with Gasteiger partial charge in [-0.25, -0.2) is 4.79 Å². The number of ether oxygens (including phenoxy) is 3. The Labute approximate surface area is 209 Å². The summed E-state index contributed by atoms with van der Waals surface area (Å²) in [6.45, 7) is 8.08. The van der Waals surface area contributed by atoms with Crippen molar-refractivity contribution in [3.05, 3.63) is 35.8 Å². The van der Waals surface area contributed by atoms with Gasteiger partial charge in [0.2, 0.25) is 0 Å². The molecule has 3 heterocycles. The van der Waals surface area contributed by atoms with Crippen LogP contribution in [0.5, 0.6) is 0 Å². The maximum absolute atomic E-state index is 14.1. The lowest BCUT2D eigenvalue weighted by atomic mass is 9.39. The number of fused-ring (bicyclic) bond motifs is 3. The number of methoxy groups -OCH3 is 1. The Hall–Kier alpha value is -2.12. The van der Waals surface area contributed by atoms with Gasteiger partial charge in [-0.05, 0) is 36.8 Å². The zero-order chi connectivity index (χ0) is 25.2. The molecule has 3 aliphatic carbocycles. The van der Waals surface area contributed by atoms with E-state index in [0.29, 0.717) is 19.3 Å². The molecule has 0 aromatic carbocycles. The molecule has 0 N–H and O–H groups in total. The van der Waals surface area contributed by atoms with E-state index in [2.05, 4.69) is 6.92 Å². The van der Waals surface area contributed by atoms with E-state index in [1.807, 2.05) is 26.8 Å². The van der Waals surface area contributed by atoms with Crippen molar-refractivity contribution < 1.29 is 33.0 Å². The Balaban J connectivity index is 1.56. The highest BCUT2D eigenvalue weighted by Gasteiger charge is 2.83. The van der Waals surface area contributed by atoms with Crippen LogP contribution in [0, 0.1) is 34.0 Å². The molecule has 188 valence electrons. The lowest BCUT2D eigenvalue weighted by molar-refractivity contribution is -0.173. The van der Waals surface area contributed by atoms with Crippen molar-refractivity contribution in [2.24, 2.45) is 34.0 Å². The molecule has 0 amide bonds. The minimum atomic E-state index is -1.30. The highest BCUT2D eigenvalue weighted by atomic mass is 35.5. The first kappa shape index (κ1) is 23.3. The molecule has 1 saturated heterocycles. The van der Waals surface area contributed by atoms with E-state index < -0.39 is 44.9 Å². The second-order valence-corrected chi connectivity index (χ2v) is 12.6. The third-order valence-corrected chi connectivity index (χ3v) is 11.3. The van der Waals surface area contributed by atoms with Crippen LogP contribution in [-0.4, -0.2) is 35.5 Å². The topological polar surface area (TPSA) is 92.0 Å². The first-order valence-electron chi connectivity index (χ1n) is 12.3. The van der Waals surface area contributed by atoms with Crippen LogP contribution in [0.25, 0.3) is 0 Å². The largest absolute Gasteiger partial charge is 0.472 e. The number of hydrogen-bond donors (Lipinski definition) is 0. The average molecular weight is 503 g/mol. The first-order chi connectivity index (χ1) is 16.4. The third kappa shape index (κ3) is 2.49. The highest BCUT2D eigenvalue weighted by Crippen LogP contribution is 2.79. The summed E-state index contributed by atoms with van der Waals surface area (Å²) in [4.78, 5) is 39.6. The second kappa shape index (κ2) is 6.80. The molecule has 4 fully saturated rings. The molecule has 8 atom stereocenters. The van der Waals surface area contributed by atoms with Crippen LogP contribution in [0.3, 0.4) is 0 Å². The molecule has 7 nitrogen and oxygen atoms in total. The van der Waals surface area contributed by atoms with Gasteiger partial charge < -0.3 is 18.6 Å². The zero-order valence-electron chi connectivity index (χ0n) is 20.7. The van der Waals surface area contributed by atoms with Crippen molar-refractivity contribution in [2.45, 2.75) is 70.1 Å². The maximum atomic E-state index is 14.1. The van der Waals surface area contributed by atoms with Crippen LogP contribution < -0.4 is 0 Å². The number of carbonyl (C=O) groups is 3. The van der Waals surface area contributed by atoms with Gasteiger partial charge in [0.05, 0.1) is 31.2 Å². The third-order valence-electron chi connectivity index (χ3n) is 10.4. The molecule has 35 heavy (non-hydrogen) atoms. The van der Waals surface area contributed by atoms with Gasteiger partial charge >= 0.3 is 11.9 Å². The Bertz CT molecular complexity index is 1170. The number of ketones is 1. The molecule has 1 aromatic heterocycles. The number of hydrogen-bond acceptors (Lipinski definition) is 7. The molecular weight excluding hydrogens is 472 g/mol. The van der Waals surface area contributed by atoms with Crippen LogP contribution in [0.2, 0.25) is 0 Å². The molecule has 3 saturated carbocycles. The van der Waals surface area contributed by atoms with Gasteiger partial charge in [-0.15, -0.1) is 0 Å². The number of cyclic esters (lactones) is 1. The number of halogens is 1. The van der Waals surface area contributed by atoms with Crippen molar-refractivity contribution in [1.82, 2.24) is 0 Å². The van der Waals surface area contributed by atoms with Gasteiger partial charge in [0.1, 0.15) is 11.9 Å². The number of carbonyl (C=O) groups excluding carboxylic acids is 3. The van der Waals surface area contributed by atoms with Crippen LogP contribution in [0.4, 0.5) is 0 Å². The van der Waals surface area contributed by atoms with Crippen LogP contribution in [0.15, 0.2) is 34.7 Å². The highest BCUT2D eigenvalue weighted by molar-refractivity contribution is 6.26. The number of alkyl halides is 1. The molecule has 8 heteroatoms. The van der Waals surface area contributed by atoms with E-state index in [1.165, 1.54) is 7.11 Å². The van der Waals surface area contributed by atoms with Gasteiger partial charge in [0, 0.05) is 40.2 Å². The zero-order valence-corrected chi connectivity index (χ0v) is 21.4. The summed E-state index contributed by atoms with van der Waals surface area (Å²) in [5.74, 6) is -1.88. The summed E-state index contributed by atoms with van der Waals surface area (Å²) in [6.07, 6.45) is 6.11. The fourth-order valence-electron chi connectivity index (χ4n) is 8.78.